The van der Waals surface area contributed by atoms with Gasteiger partial charge in [0.15, 0.2) is 0 Å². The number of nitrogens with zero attached hydrogens (tertiary/aromatic N) is 2. The molecule has 130 valence electrons. The van der Waals surface area contributed by atoms with Crippen molar-refractivity contribution in [2.45, 2.75) is 26.6 Å². The summed E-state index contributed by atoms with van der Waals surface area (Å²) >= 11 is 0. The smallest absolute Gasteiger partial charge is 0.145 e. The van der Waals surface area contributed by atoms with Crippen LogP contribution in [0.5, 0.6) is 11.5 Å². The van der Waals surface area contributed by atoms with E-state index in [1.54, 1.807) is 11.8 Å². The minimum Gasteiger partial charge on any atom is -0.497 e. The van der Waals surface area contributed by atoms with Crippen LogP contribution in [0.15, 0.2) is 54.6 Å². The van der Waals surface area contributed by atoms with Crippen LogP contribution in [0, 0.1) is 0 Å². The number of para-hydroxylation sites is 2. The first-order valence-corrected chi connectivity index (χ1v) is 8.22. The van der Waals surface area contributed by atoms with Crippen molar-refractivity contribution in [1.29, 1.82) is 0 Å². The number of rotatable bonds is 6. The lowest BCUT2D eigenvalue weighted by Gasteiger charge is -2.16. The number of aliphatic hydroxyl groups excluding tert-OH is 1. The molecule has 5 heteroatoms. The topological polar surface area (TPSA) is 56.5 Å². The summed E-state index contributed by atoms with van der Waals surface area (Å²) in [4.78, 5) is 0. The van der Waals surface area contributed by atoms with Gasteiger partial charge in [-0.1, -0.05) is 24.3 Å². The van der Waals surface area contributed by atoms with Crippen molar-refractivity contribution in [3.05, 3.63) is 60.3 Å². The minimum atomic E-state index is -0.128. The Morgan fingerprint density at radius 3 is 2.60 bits per heavy atom. The van der Waals surface area contributed by atoms with Crippen molar-refractivity contribution in [2.24, 2.45) is 0 Å². The second-order valence-electron chi connectivity index (χ2n) is 5.96. The number of benzene rings is 2. The van der Waals surface area contributed by atoms with E-state index in [2.05, 4.69) is 5.10 Å². The molecule has 0 atom stereocenters. The van der Waals surface area contributed by atoms with Gasteiger partial charge in [0, 0.05) is 5.56 Å². The molecule has 0 spiro atoms. The van der Waals surface area contributed by atoms with Crippen LogP contribution in [0.3, 0.4) is 0 Å². The molecular weight excluding hydrogens is 316 g/mol. The molecule has 0 aliphatic carbocycles. The molecule has 2 aromatic carbocycles. The second kappa shape index (κ2) is 7.40. The molecule has 3 aromatic rings. The summed E-state index contributed by atoms with van der Waals surface area (Å²) in [6.07, 6.45) is 0.0503. The van der Waals surface area contributed by atoms with Crippen LogP contribution in [-0.4, -0.2) is 28.1 Å². The third-order valence-corrected chi connectivity index (χ3v) is 3.74. The largest absolute Gasteiger partial charge is 0.497 e. The molecule has 0 fully saturated rings. The Bertz CT molecular complexity index is 856. The van der Waals surface area contributed by atoms with Crippen LogP contribution in [0.1, 0.15) is 19.5 Å². The highest BCUT2D eigenvalue weighted by atomic mass is 16.5. The van der Waals surface area contributed by atoms with Gasteiger partial charge in [0.05, 0.1) is 31.2 Å². The van der Waals surface area contributed by atoms with E-state index in [0.29, 0.717) is 5.69 Å². The number of hydrogen-bond acceptors (Lipinski definition) is 4. The summed E-state index contributed by atoms with van der Waals surface area (Å²) in [5.41, 5.74) is 3.24. The highest BCUT2D eigenvalue weighted by Gasteiger charge is 2.15. The predicted molar refractivity (Wildman–Crippen MR) is 97.2 cm³/mol. The van der Waals surface area contributed by atoms with Gasteiger partial charge < -0.3 is 14.6 Å². The van der Waals surface area contributed by atoms with Gasteiger partial charge in [-0.3, -0.25) is 0 Å². The Morgan fingerprint density at radius 2 is 1.88 bits per heavy atom. The van der Waals surface area contributed by atoms with Gasteiger partial charge >= 0.3 is 0 Å². The molecule has 0 amide bonds. The van der Waals surface area contributed by atoms with E-state index >= 15 is 0 Å². The number of methoxy groups -OCH3 is 1. The van der Waals surface area contributed by atoms with Gasteiger partial charge in [-0.15, -0.1) is 0 Å². The quantitative estimate of drug-likeness (QED) is 0.742. The van der Waals surface area contributed by atoms with E-state index in [-0.39, 0.29) is 12.7 Å². The summed E-state index contributed by atoms with van der Waals surface area (Å²) in [5, 5.41) is 14.1. The van der Waals surface area contributed by atoms with E-state index < -0.39 is 0 Å². The summed E-state index contributed by atoms with van der Waals surface area (Å²) in [6.45, 7) is 3.85. The molecule has 3 rings (SSSR count). The summed E-state index contributed by atoms with van der Waals surface area (Å²) in [7, 11) is 1.64. The fourth-order valence-electron chi connectivity index (χ4n) is 2.66. The van der Waals surface area contributed by atoms with Crippen LogP contribution < -0.4 is 9.47 Å². The van der Waals surface area contributed by atoms with Gasteiger partial charge in [-0.2, -0.15) is 5.10 Å². The van der Waals surface area contributed by atoms with E-state index in [1.807, 2.05) is 68.4 Å². The molecule has 0 aliphatic rings. The lowest BCUT2D eigenvalue weighted by Crippen LogP contribution is -2.09. The molecule has 0 saturated carbocycles. The second-order valence-corrected chi connectivity index (χ2v) is 5.96. The molecule has 5 nitrogen and oxygen atoms in total. The van der Waals surface area contributed by atoms with Crippen LogP contribution in [0.25, 0.3) is 16.9 Å². The number of aromatic nitrogens is 2. The number of hydrogen-bond donors (Lipinski definition) is 1. The fraction of sp³-hybridized carbons (Fsp3) is 0.250. The van der Waals surface area contributed by atoms with Gasteiger partial charge in [0.25, 0.3) is 0 Å². The standard InChI is InChI=1S/C20H22N2O3/c1-14(2)25-20-10-5-4-9-18(20)22-19(12-16(13-23)21-22)15-7-6-8-17(11-15)24-3/h4-12,14,23H,13H2,1-3H3. The predicted octanol–water partition coefficient (Wildman–Crippen LogP) is 3.83. The Hall–Kier alpha value is -2.79. The van der Waals surface area contributed by atoms with Crippen LogP contribution >= 0.6 is 0 Å². The average molecular weight is 338 g/mol. The molecular formula is C20H22N2O3. The Morgan fingerprint density at radius 1 is 1.08 bits per heavy atom. The zero-order valence-corrected chi connectivity index (χ0v) is 14.6. The van der Waals surface area contributed by atoms with E-state index in [9.17, 15) is 5.11 Å². The molecule has 25 heavy (non-hydrogen) atoms. The van der Waals surface area contributed by atoms with Gasteiger partial charge in [0.2, 0.25) is 0 Å². The zero-order chi connectivity index (χ0) is 17.8. The zero-order valence-electron chi connectivity index (χ0n) is 14.6. The first-order chi connectivity index (χ1) is 12.1. The molecule has 0 unspecified atom stereocenters. The molecule has 0 radical (unpaired) electrons. The SMILES string of the molecule is COc1cccc(-c2cc(CO)nn2-c2ccccc2OC(C)C)c1. The molecule has 0 aliphatic heterocycles. The first-order valence-electron chi connectivity index (χ1n) is 8.22. The molecule has 1 N–H and O–H groups in total. The van der Waals surface area contributed by atoms with Gasteiger partial charge in [-0.25, -0.2) is 4.68 Å². The Balaban J connectivity index is 2.16. The van der Waals surface area contributed by atoms with Crippen molar-refractivity contribution in [3.63, 3.8) is 0 Å². The lowest BCUT2D eigenvalue weighted by molar-refractivity contribution is 0.241. The number of ether oxygens (including phenoxy) is 2. The van der Waals surface area contributed by atoms with E-state index in [4.69, 9.17) is 9.47 Å². The molecule has 0 bridgehead atoms. The van der Waals surface area contributed by atoms with Crippen LogP contribution in [-0.2, 0) is 6.61 Å². The van der Waals surface area contributed by atoms with Crippen LogP contribution in [0.4, 0.5) is 0 Å². The van der Waals surface area contributed by atoms with Crippen molar-refractivity contribution >= 4 is 0 Å². The van der Waals surface area contributed by atoms with E-state index in [1.165, 1.54) is 0 Å². The first kappa shape index (κ1) is 17.0. The highest BCUT2D eigenvalue weighted by Crippen LogP contribution is 2.31. The maximum Gasteiger partial charge on any atom is 0.145 e. The average Bonchev–Trinajstić information content (AvgIpc) is 3.06. The maximum absolute atomic E-state index is 9.55. The van der Waals surface area contributed by atoms with Crippen molar-refractivity contribution in [3.8, 4) is 28.4 Å². The normalized spacial score (nSPS) is 10.9. The third-order valence-electron chi connectivity index (χ3n) is 3.74. The van der Waals surface area contributed by atoms with Crippen molar-refractivity contribution in [2.75, 3.05) is 7.11 Å². The molecule has 0 saturated heterocycles. The van der Waals surface area contributed by atoms with E-state index in [0.717, 1.165) is 28.4 Å². The molecule has 1 heterocycles. The minimum absolute atomic E-state index is 0.0503. The molecule has 1 aromatic heterocycles. The number of aliphatic hydroxyl groups is 1. The van der Waals surface area contributed by atoms with Crippen molar-refractivity contribution in [1.82, 2.24) is 9.78 Å². The highest BCUT2D eigenvalue weighted by molar-refractivity contribution is 5.65. The lowest BCUT2D eigenvalue weighted by atomic mass is 10.1. The van der Waals surface area contributed by atoms with Crippen LogP contribution in [0.2, 0.25) is 0 Å². The monoisotopic (exact) mass is 338 g/mol. The summed E-state index contributed by atoms with van der Waals surface area (Å²) < 4.78 is 13.1. The third kappa shape index (κ3) is 3.67. The maximum atomic E-state index is 9.55. The van der Waals surface area contributed by atoms with Gasteiger partial charge in [-0.05, 0) is 44.2 Å². The Labute approximate surface area is 147 Å². The summed E-state index contributed by atoms with van der Waals surface area (Å²) in [5.74, 6) is 1.51. The summed E-state index contributed by atoms with van der Waals surface area (Å²) in [6, 6.07) is 17.4. The fourth-order valence-corrected chi connectivity index (χ4v) is 2.66. The van der Waals surface area contributed by atoms with Gasteiger partial charge in [0.1, 0.15) is 17.2 Å². The van der Waals surface area contributed by atoms with Crippen molar-refractivity contribution < 1.29 is 14.6 Å². The Kier molecular flexibility index (Phi) is 5.05.